The monoisotopic (exact) mass is 598 g/mol. The van der Waals surface area contributed by atoms with Crippen molar-refractivity contribution in [1.82, 2.24) is 0 Å². The molecule has 222 valence electrons. The number of hydrogen-bond acceptors (Lipinski definition) is 2. The van der Waals surface area contributed by atoms with Gasteiger partial charge in [-0.3, -0.25) is 0 Å². The molecule has 4 aromatic carbocycles. The van der Waals surface area contributed by atoms with Gasteiger partial charge in [0.15, 0.2) is 0 Å². The molecular weight excluding hydrogens is 575 g/mol. The fourth-order valence-electron chi connectivity index (χ4n) is 4.65. The molecule has 0 aliphatic carbocycles. The van der Waals surface area contributed by atoms with E-state index in [-0.39, 0.29) is 17.1 Å². The minimum absolute atomic E-state index is 0.0197. The molecule has 2 nitrogen and oxygen atoms in total. The lowest BCUT2D eigenvalue weighted by atomic mass is 9.73. The number of rotatable bonds is 6. The van der Waals surface area contributed by atoms with E-state index in [1.165, 1.54) is 13.0 Å². The third kappa shape index (κ3) is 5.91. The minimum atomic E-state index is -5.86. The van der Waals surface area contributed by atoms with Crippen LogP contribution in [0.15, 0.2) is 84.9 Å². The normalized spacial score (nSPS) is 12.8. The van der Waals surface area contributed by atoms with Crippen LogP contribution < -0.4 is 9.47 Å². The maximum Gasteiger partial charge on any atom is 0.419 e. The first kappa shape index (κ1) is 30.8. The molecule has 0 unspecified atom stereocenters. The van der Waals surface area contributed by atoms with Gasteiger partial charge in [-0.05, 0) is 79.9 Å². The average molecular weight is 599 g/mol. The van der Waals surface area contributed by atoms with Crippen LogP contribution in [0.2, 0.25) is 0 Å². The van der Waals surface area contributed by atoms with Gasteiger partial charge >= 0.3 is 18.5 Å². The highest BCUT2D eigenvalue weighted by Gasteiger charge is 2.72. The van der Waals surface area contributed by atoms with Gasteiger partial charge in [0, 0.05) is 0 Å². The van der Waals surface area contributed by atoms with Gasteiger partial charge in [-0.15, -0.1) is 0 Å². The zero-order valence-electron chi connectivity index (χ0n) is 22.3. The van der Waals surface area contributed by atoms with Crippen molar-refractivity contribution in [3.05, 3.63) is 118 Å². The first-order chi connectivity index (χ1) is 19.4. The quantitative estimate of drug-likeness (QED) is 0.206. The second kappa shape index (κ2) is 10.9. The van der Waals surface area contributed by atoms with Crippen molar-refractivity contribution in [1.29, 1.82) is 0 Å². The van der Waals surface area contributed by atoms with E-state index in [4.69, 9.17) is 9.47 Å². The van der Waals surface area contributed by atoms with Crippen LogP contribution in [0.5, 0.6) is 23.0 Å². The van der Waals surface area contributed by atoms with Crippen LogP contribution in [-0.4, -0.2) is 12.4 Å². The van der Waals surface area contributed by atoms with Crippen molar-refractivity contribution in [3.63, 3.8) is 0 Å². The molecule has 0 heterocycles. The molecule has 0 spiro atoms. The molecule has 0 aliphatic heterocycles. The van der Waals surface area contributed by atoms with Gasteiger partial charge in [0.05, 0.1) is 5.56 Å². The summed E-state index contributed by atoms with van der Waals surface area (Å²) in [5.74, 6) is -0.642. The number of hydrogen-bond donors (Lipinski definition) is 0. The summed E-state index contributed by atoms with van der Waals surface area (Å²) in [6, 6.07) is 14.3. The van der Waals surface area contributed by atoms with Crippen LogP contribution in [0.1, 0.15) is 33.4 Å². The first-order valence-electron chi connectivity index (χ1n) is 12.4. The van der Waals surface area contributed by atoms with Gasteiger partial charge in [-0.25, -0.2) is 0 Å². The lowest BCUT2D eigenvalue weighted by Crippen LogP contribution is -2.54. The van der Waals surface area contributed by atoms with Crippen LogP contribution in [0.25, 0.3) is 0 Å². The van der Waals surface area contributed by atoms with Crippen LogP contribution in [-0.2, 0) is 11.6 Å². The number of benzene rings is 4. The summed E-state index contributed by atoms with van der Waals surface area (Å²) < 4.78 is 138. The number of aryl methyl sites for hydroxylation is 3. The fraction of sp³-hybridized carbons (Fsp3) is 0.226. The first-order valence-corrected chi connectivity index (χ1v) is 12.4. The summed E-state index contributed by atoms with van der Waals surface area (Å²) in [4.78, 5) is 0. The molecular formula is C31H23F9O2. The molecule has 11 heteroatoms. The van der Waals surface area contributed by atoms with Crippen LogP contribution >= 0.6 is 0 Å². The largest absolute Gasteiger partial charge is 0.457 e. The minimum Gasteiger partial charge on any atom is -0.457 e. The van der Waals surface area contributed by atoms with Gasteiger partial charge in [0.1, 0.15) is 23.0 Å². The average Bonchev–Trinajstić information content (AvgIpc) is 2.87. The summed E-state index contributed by atoms with van der Waals surface area (Å²) >= 11 is 0. The highest BCUT2D eigenvalue weighted by molar-refractivity contribution is 5.49. The van der Waals surface area contributed by atoms with Gasteiger partial charge in [-0.2, -0.15) is 39.5 Å². The molecule has 0 saturated heterocycles. The van der Waals surface area contributed by atoms with E-state index in [0.717, 1.165) is 42.0 Å². The van der Waals surface area contributed by atoms with E-state index in [2.05, 4.69) is 0 Å². The zero-order chi connectivity index (χ0) is 31.1. The predicted molar refractivity (Wildman–Crippen MR) is 138 cm³/mol. The topological polar surface area (TPSA) is 18.5 Å². The zero-order valence-corrected chi connectivity index (χ0v) is 22.3. The maximum atomic E-state index is 14.5. The van der Waals surface area contributed by atoms with Crippen molar-refractivity contribution in [2.45, 2.75) is 44.7 Å². The van der Waals surface area contributed by atoms with Gasteiger partial charge in [0.25, 0.3) is 0 Å². The van der Waals surface area contributed by atoms with Gasteiger partial charge in [-0.1, -0.05) is 53.6 Å². The molecule has 4 rings (SSSR count). The predicted octanol–water partition coefficient (Wildman–Crippen LogP) is 10.6. The Morgan fingerprint density at radius 1 is 0.476 bits per heavy atom. The van der Waals surface area contributed by atoms with Crippen molar-refractivity contribution in [2.75, 3.05) is 0 Å². The van der Waals surface area contributed by atoms with Crippen LogP contribution in [0.3, 0.4) is 0 Å². The Kier molecular flexibility index (Phi) is 8.01. The molecule has 0 N–H and O–H groups in total. The van der Waals surface area contributed by atoms with Crippen LogP contribution in [0, 0.1) is 20.8 Å². The number of halogens is 9. The lowest BCUT2D eigenvalue weighted by molar-refractivity contribution is -0.288. The summed E-state index contributed by atoms with van der Waals surface area (Å²) in [6.45, 7) is 5.01. The molecule has 0 aromatic heterocycles. The van der Waals surface area contributed by atoms with Crippen molar-refractivity contribution < 1.29 is 49.0 Å². The molecule has 0 bridgehead atoms. The summed E-state index contributed by atoms with van der Waals surface area (Å²) in [5, 5.41) is 0. The molecule has 0 atom stereocenters. The maximum absolute atomic E-state index is 14.5. The van der Waals surface area contributed by atoms with E-state index in [1.54, 1.807) is 25.1 Å². The fourth-order valence-corrected chi connectivity index (χ4v) is 4.65. The Bertz CT molecular complexity index is 1540. The second-order valence-electron chi connectivity index (χ2n) is 9.76. The number of ether oxygens (including phenoxy) is 2. The summed E-state index contributed by atoms with van der Waals surface area (Å²) in [7, 11) is 0. The second-order valence-corrected chi connectivity index (χ2v) is 9.76. The van der Waals surface area contributed by atoms with Gasteiger partial charge in [0.2, 0.25) is 5.41 Å². The lowest BCUT2D eigenvalue weighted by Gasteiger charge is -2.38. The molecule has 42 heavy (non-hydrogen) atoms. The Morgan fingerprint density at radius 2 is 0.881 bits per heavy atom. The van der Waals surface area contributed by atoms with E-state index in [0.29, 0.717) is 35.6 Å². The van der Waals surface area contributed by atoms with Crippen molar-refractivity contribution in [2.24, 2.45) is 0 Å². The highest BCUT2D eigenvalue weighted by Crippen LogP contribution is 2.56. The third-order valence-corrected chi connectivity index (χ3v) is 6.65. The smallest absolute Gasteiger partial charge is 0.419 e. The molecule has 4 aromatic rings. The molecule has 0 radical (unpaired) electrons. The third-order valence-electron chi connectivity index (χ3n) is 6.65. The van der Waals surface area contributed by atoms with E-state index < -0.39 is 46.4 Å². The Balaban J connectivity index is 1.74. The van der Waals surface area contributed by atoms with E-state index >= 15 is 0 Å². The van der Waals surface area contributed by atoms with E-state index in [1.807, 2.05) is 6.92 Å². The van der Waals surface area contributed by atoms with E-state index in [9.17, 15) is 39.5 Å². The molecule has 0 amide bonds. The van der Waals surface area contributed by atoms with Crippen LogP contribution in [0.4, 0.5) is 39.5 Å². The van der Waals surface area contributed by atoms with Crippen molar-refractivity contribution in [3.8, 4) is 23.0 Å². The SMILES string of the molecule is Cc1ccc(Oc2ccc(C(c3ccc(Oc4ccc(C)cc4C(F)(F)F)cc3)(C(F)(F)F)C(F)(F)F)cc2)c(C)c1. The Hall–Kier alpha value is -4.15. The van der Waals surface area contributed by atoms with Crippen molar-refractivity contribution >= 4 is 0 Å². The number of alkyl halides is 9. The Labute approximate surface area is 235 Å². The molecule has 0 fully saturated rings. The summed E-state index contributed by atoms with van der Waals surface area (Å²) in [6.07, 6.45) is -16.5. The summed E-state index contributed by atoms with van der Waals surface area (Å²) in [5.41, 5.74) is -6.00. The highest BCUT2D eigenvalue weighted by atomic mass is 19.4. The standard InChI is InChI=1S/C31H23F9O2/c1-18-4-14-26(20(3)16-18)41-23-10-6-21(7-11-23)28(30(35,36)37,31(38,39)40)22-8-12-24(13-9-22)42-27-15-5-19(2)17-25(27)29(32,33)34/h4-17H,1-3H3. The van der Waals surface area contributed by atoms with Gasteiger partial charge < -0.3 is 9.47 Å². The Morgan fingerprint density at radius 3 is 1.29 bits per heavy atom. The molecule has 0 saturated carbocycles. The molecule has 0 aliphatic rings.